The van der Waals surface area contributed by atoms with Gasteiger partial charge in [0.15, 0.2) is 0 Å². The first kappa shape index (κ1) is 13.7. The third kappa shape index (κ3) is 3.01. The monoisotopic (exact) mass is 292 g/mol. The molecule has 19 heavy (non-hydrogen) atoms. The molecule has 0 fully saturated rings. The fourth-order valence-corrected chi connectivity index (χ4v) is 4.07. The molecule has 0 bridgehead atoms. The van der Waals surface area contributed by atoms with Crippen LogP contribution in [0.4, 0.5) is 0 Å². The van der Waals surface area contributed by atoms with Gasteiger partial charge in [-0.15, -0.1) is 11.3 Å². The third-order valence-electron chi connectivity index (χ3n) is 2.60. The molecule has 0 amide bonds. The standard InChI is InChI=1S/C13H12N2O2S2/c1-15(10-11-5-3-2-4-6-11)19(16,17)13-8-7-12(9-14)18-13/h2-8H,10H2,1H3. The van der Waals surface area contributed by atoms with Crippen molar-refractivity contribution in [3.8, 4) is 6.07 Å². The Balaban J connectivity index is 2.22. The molecule has 1 aromatic heterocycles. The van der Waals surface area contributed by atoms with Crippen LogP contribution in [0.1, 0.15) is 10.4 Å². The van der Waals surface area contributed by atoms with Gasteiger partial charge in [-0.1, -0.05) is 30.3 Å². The number of nitrogens with zero attached hydrogens (tertiary/aromatic N) is 2. The van der Waals surface area contributed by atoms with Crippen molar-refractivity contribution < 1.29 is 8.42 Å². The first-order chi connectivity index (χ1) is 9.04. The summed E-state index contributed by atoms with van der Waals surface area (Å²) < 4.78 is 26.1. The first-order valence-electron chi connectivity index (χ1n) is 5.54. The summed E-state index contributed by atoms with van der Waals surface area (Å²) in [6.07, 6.45) is 0. The van der Waals surface area contributed by atoms with Gasteiger partial charge in [-0.2, -0.15) is 9.57 Å². The number of thiophene rings is 1. The van der Waals surface area contributed by atoms with Crippen molar-refractivity contribution in [2.45, 2.75) is 10.8 Å². The summed E-state index contributed by atoms with van der Waals surface area (Å²) in [5, 5.41) is 8.74. The van der Waals surface area contributed by atoms with E-state index in [1.54, 1.807) is 0 Å². The maximum atomic E-state index is 12.3. The molecule has 0 aliphatic carbocycles. The number of sulfonamides is 1. The fourth-order valence-electron chi connectivity index (χ4n) is 1.60. The molecule has 1 heterocycles. The Kier molecular flexibility index (Phi) is 4.00. The van der Waals surface area contributed by atoms with Crippen LogP contribution in [0.15, 0.2) is 46.7 Å². The SMILES string of the molecule is CN(Cc1ccccc1)S(=O)(=O)c1ccc(C#N)s1. The van der Waals surface area contributed by atoms with Gasteiger partial charge in [-0.3, -0.25) is 0 Å². The highest BCUT2D eigenvalue weighted by Gasteiger charge is 2.22. The van der Waals surface area contributed by atoms with Gasteiger partial charge < -0.3 is 0 Å². The van der Waals surface area contributed by atoms with Gasteiger partial charge in [0.2, 0.25) is 0 Å². The molecule has 1 aromatic carbocycles. The van der Waals surface area contributed by atoms with E-state index in [9.17, 15) is 8.42 Å². The summed E-state index contributed by atoms with van der Waals surface area (Å²) in [6.45, 7) is 0.308. The van der Waals surface area contributed by atoms with Crippen molar-refractivity contribution in [3.05, 3.63) is 52.9 Å². The molecule has 2 rings (SSSR count). The van der Waals surface area contributed by atoms with Crippen molar-refractivity contribution in [2.75, 3.05) is 7.05 Å². The molecule has 0 N–H and O–H groups in total. The van der Waals surface area contributed by atoms with Gasteiger partial charge in [0.1, 0.15) is 15.2 Å². The van der Waals surface area contributed by atoms with Crippen LogP contribution in [0.2, 0.25) is 0 Å². The second-order valence-electron chi connectivity index (χ2n) is 3.98. The zero-order chi connectivity index (χ0) is 13.9. The normalized spacial score (nSPS) is 11.4. The number of hydrogen-bond donors (Lipinski definition) is 0. The summed E-state index contributed by atoms with van der Waals surface area (Å²) in [7, 11) is -1.99. The highest BCUT2D eigenvalue weighted by atomic mass is 32.2. The van der Waals surface area contributed by atoms with E-state index in [4.69, 9.17) is 5.26 Å². The summed E-state index contributed by atoms with van der Waals surface area (Å²) in [6, 6.07) is 14.3. The maximum Gasteiger partial charge on any atom is 0.252 e. The molecule has 0 saturated carbocycles. The quantitative estimate of drug-likeness (QED) is 0.869. The molecule has 0 spiro atoms. The lowest BCUT2D eigenvalue weighted by Crippen LogP contribution is -2.25. The highest BCUT2D eigenvalue weighted by molar-refractivity contribution is 7.91. The van der Waals surface area contributed by atoms with Gasteiger partial charge in [-0.05, 0) is 17.7 Å². The van der Waals surface area contributed by atoms with Crippen LogP contribution >= 0.6 is 11.3 Å². The van der Waals surface area contributed by atoms with E-state index in [2.05, 4.69) is 0 Å². The molecule has 0 saturated heterocycles. The van der Waals surface area contributed by atoms with Gasteiger partial charge in [0.25, 0.3) is 10.0 Å². The van der Waals surface area contributed by atoms with E-state index >= 15 is 0 Å². The molecular weight excluding hydrogens is 280 g/mol. The Morgan fingerprint density at radius 1 is 1.21 bits per heavy atom. The smallest absolute Gasteiger partial charge is 0.206 e. The van der Waals surface area contributed by atoms with E-state index < -0.39 is 10.0 Å². The molecule has 98 valence electrons. The summed E-state index contributed by atoms with van der Waals surface area (Å²) >= 11 is 0.988. The topological polar surface area (TPSA) is 61.2 Å². The van der Waals surface area contributed by atoms with Crippen molar-refractivity contribution in [3.63, 3.8) is 0 Å². The second-order valence-corrected chi connectivity index (χ2v) is 7.33. The van der Waals surface area contributed by atoms with Gasteiger partial charge in [-0.25, -0.2) is 8.42 Å². The Bertz CT molecular complexity index is 700. The number of benzene rings is 1. The largest absolute Gasteiger partial charge is 0.252 e. The van der Waals surface area contributed by atoms with Gasteiger partial charge in [0, 0.05) is 13.6 Å². The van der Waals surface area contributed by atoms with Crippen molar-refractivity contribution in [1.29, 1.82) is 5.26 Å². The molecule has 0 atom stereocenters. The number of hydrogen-bond acceptors (Lipinski definition) is 4. The van der Waals surface area contributed by atoms with Gasteiger partial charge >= 0.3 is 0 Å². The molecule has 0 aliphatic rings. The molecular formula is C13H12N2O2S2. The van der Waals surface area contributed by atoms with E-state index in [1.165, 1.54) is 23.5 Å². The van der Waals surface area contributed by atoms with Crippen LogP contribution < -0.4 is 0 Å². The fraction of sp³-hybridized carbons (Fsp3) is 0.154. The van der Waals surface area contributed by atoms with Crippen LogP contribution in [0, 0.1) is 11.3 Å². The van der Waals surface area contributed by atoms with Crippen LogP contribution in [-0.4, -0.2) is 19.8 Å². The predicted molar refractivity (Wildman–Crippen MR) is 74.1 cm³/mol. The zero-order valence-corrected chi connectivity index (χ0v) is 11.9. The van der Waals surface area contributed by atoms with Crippen LogP contribution in [0.3, 0.4) is 0 Å². The summed E-state index contributed by atoms with van der Waals surface area (Å²) in [5.74, 6) is 0. The van der Waals surface area contributed by atoms with E-state index in [-0.39, 0.29) is 4.21 Å². The molecule has 2 aromatic rings. The number of nitriles is 1. The Hall–Kier alpha value is -1.68. The molecule has 6 heteroatoms. The van der Waals surface area contributed by atoms with Crippen molar-refractivity contribution in [1.82, 2.24) is 4.31 Å². The molecule has 0 radical (unpaired) electrons. The minimum Gasteiger partial charge on any atom is -0.206 e. The Morgan fingerprint density at radius 3 is 2.47 bits per heavy atom. The Morgan fingerprint density at radius 2 is 1.89 bits per heavy atom. The lowest BCUT2D eigenvalue weighted by molar-refractivity contribution is 0.468. The van der Waals surface area contributed by atoms with Crippen LogP contribution in [0.5, 0.6) is 0 Å². The summed E-state index contributed by atoms with van der Waals surface area (Å²) in [5.41, 5.74) is 0.922. The zero-order valence-electron chi connectivity index (χ0n) is 10.3. The van der Waals surface area contributed by atoms with Crippen molar-refractivity contribution >= 4 is 21.4 Å². The minimum absolute atomic E-state index is 0.197. The van der Waals surface area contributed by atoms with Crippen LogP contribution in [0.25, 0.3) is 0 Å². The lowest BCUT2D eigenvalue weighted by atomic mass is 10.2. The lowest BCUT2D eigenvalue weighted by Gasteiger charge is -2.15. The van der Waals surface area contributed by atoms with Gasteiger partial charge in [0.05, 0.1) is 0 Å². The second kappa shape index (κ2) is 5.53. The van der Waals surface area contributed by atoms with Crippen molar-refractivity contribution in [2.24, 2.45) is 0 Å². The average molecular weight is 292 g/mol. The number of rotatable bonds is 4. The van der Waals surface area contributed by atoms with E-state index in [1.807, 2.05) is 36.4 Å². The Labute approximate surface area is 116 Å². The highest BCUT2D eigenvalue weighted by Crippen LogP contribution is 2.24. The van der Waals surface area contributed by atoms with E-state index in [0.717, 1.165) is 16.9 Å². The van der Waals surface area contributed by atoms with Crippen LogP contribution in [-0.2, 0) is 16.6 Å². The summed E-state index contributed by atoms with van der Waals surface area (Å²) in [4.78, 5) is 0.395. The third-order valence-corrected chi connectivity index (χ3v) is 5.86. The molecule has 0 aliphatic heterocycles. The minimum atomic E-state index is -3.53. The average Bonchev–Trinajstić information content (AvgIpc) is 2.89. The maximum absolute atomic E-state index is 12.3. The molecule has 4 nitrogen and oxygen atoms in total. The first-order valence-corrected chi connectivity index (χ1v) is 7.80. The van der Waals surface area contributed by atoms with E-state index in [0.29, 0.717) is 11.4 Å². The predicted octanol–water partition coefficient (Wildman–Crippen LogP) is 2.44. The molecule has 0 unspecified atom stereocenters.